The lowest BCUT2D eigenvalue weighted by Gasteiger charge is -2.45. The van der Waals surface area contributed by atoms with Crippen LogP contribution in [0.15, 0.2) is 11.0 Å². The molecule has 2 heterocycles. The fourth-order valence-corrected chi connectivity index (χ4v) is 5.54. The number of thiophene rings is 1. The molecule has 2 aliphatic rings. The molecule has 0 aromatic carbocycles. The highest BCUT2D eigenvalue weighted by atomic mass is 32.2. The predicted octanol–water partition coefficient (Wildman–Crippen LogP) is 0.900. The van der Waals surface area contributed by atoms with Gasteiger partial charge in [-0.15, -0.1) is 11.3 Å². The van der Waals surface area contributed by atoms with E-state index in [4.69, 9.17) is 5.11 Å². The molecule has 0 bridgehead atoms. The minimum Gasteiger partial charge on any atom is -0.477 e. The van der Waals surface area contributed by atoms with Crippen molar-refractivity contribution in [3.05, 3.63) is 15.8 Å². The molecule has 8 heteroatoms. The third kappa shape index (κ3) is 2.07. The maximum atomic E-state index is 12.4. The highest BCUT2D eigenvalue weighted by Gasteiger charge is 2.55. The van der Waals surface area contributed by atoms with Crippen LogP contribution in [0, 0.1) is 12.8 Å². The van der Waals surface area contributed by atoms with E-state index in [1.54, 1.807) is 6.92 Å². The average molecular weight is 317 g/mol. The number of rotatable bonds is 4. The van der Waals surface area contributed by atoms with Gasteiger partial charge in [0.2, 0.25) is 10.0 Å². The second-order valence-corrected chi connectivity index (χ2v) is 8.65. The van der Waals surface area contributed by atoms with E-state index in [2.05, 4.69) is 0 Å². The number of sulfonamides is 1. The first-order valence-electron chi connectivity index (χ1n) is 6.30. The molecule has 110 valence electrons. The summed E-state index contributed by atoms with van der Waals surface area (Å²) in [6.45, 7) is 1.81. The quantitative estimate of drug-likeness (QED) is 0.860. The molecule has 0 radical (unpaired) electrons. The number of β-amino-alcohol motifs (C(OH)–C–C–N with tert-alkyl or cyclic N) is 1. The minimum absolute atomic E-state index is 0.0130. The Hall–Kier alpha value is -0.960. The maximum absolute atomic E-state index is 12.4. The van der Waals surface area contributed by atoms with Gasteiger partial charge in [0.1, 0.15) is 4.88 Å². The van der Waals surface area contributed by atoms with Crippen LogP contribution in [0.4, 0.5) is 0 Å². The van der Waals surface area contributed by atoms with Crippen molar-refractivity contribution in [2.45, 2.75) is 30.3 Å². The average Bonchev–Trinajstić information content (AvgIpc) is 3.08. The number of aliphatic hydroxyl groups is 1. The SMILES string of the molecule is Cc1sc(C(=O)O)cc1S(=O)(=O)N1CC(O)(C2CC2)C1. The van der Waals surface area contributed by atoms with Gasteiger partial charge in [-0.05, 0) is 31.7 Å². The standard InChI is InChI=1S/C12H15NO5S2/c1-7-10(4-9(19-7)11(14)15)20(17,18)13-5-12(16,6-13)8-2-3-8/h4,8,16H,2-3,5-6H2,1H3,(H,14,15). The maximum Gasteiger partial charge on any atom is 0.345 e. The van der Waals surface area contributed by atoms with Gasteiger partial charge in [0.25, 0.3) is 0 Å². The first-order chi connectivity index (χ1) is 9.24. The number of hydrogen-bond acceptors (Lipinski definition) is 5. The van der Waals surface area contributed by atoms with E-state index in [-0.39, 0.29) is 28.8 Å². The van der Waals surface area contributed by atoms with Crippen LogP contribution in [0.25, 0.3) is 0 Å². The second-order valence-electron chi connectivity index (χ2n) is 5.49. The molecule has 1 aromatic heterocycles. The first-order valence-corrected chi connectivity index (χ1v) is 8.56. The Morgan fingerprint density at radius 2 is 2.05 bits per heavy atom. The molecular weight excluding hydrogens is 302 g/mol. The molecule has 2 N–H and O–H groups in total. The number of aromatic carboxylic acids is 1. The molecule has 1 aliphatic carbocycles. The van der Waals surface area contributed by atoms with Gasteiger partial charge in [-0.3, -0.25) is 0 Å². The van der Waals surface area contributed by atoms with Crippen LogP contribution in [0.3, 0.4) is 0 Å². The monoisotopic (exact) mass is 317 g/mol. The molecule has 2 fully saturated rings. The number of carboxylic acids is 1. The topological polar surface area (TPSA) is 94.9 Å². The molecule has 6 nitrogen and oxygen atoms in total. The largest absolute Gasteiger partial charge is 0.477 e. The van der Waals surface area contributed by atoms with Gasteiger partial charge in [0.05, 0.1) is 10.5 Å². The van der Waals surface area contributed by atoms with E-state index in [1.807, 2.05) is 0 Å². The fourth-order valence-electron chi connectivity index (χ4n) is 2.58. The third-order valence-corrected chi connectivity index (χ3v) is 7.02. The molecule has 1 aliphatic heterocycles. The lowest BCUT2D eigenvalue weighted by Crippen LogP contribution is -2.64. The highest BCUT2D eigenvalue weighted by Crippen LogP contribution is 2.46. The molecule has 1 saturated carbocycles. The van der Waals surface area contributed by atoms with Crippen molar-refractivity contribution in [2.24, 2.45) is 5.92 Å². The van der Waals surface area contributed by atoms with E-state index >= 15 is 0 Å². The van der Waals surface area contributed by atoms with Crippen LogP contribution in [0.5, 0.6) is 0 Å². The normalized spacial score (nSPS) is 22.5. The van der Waals surface area contributed by atoms with Crippen molar-refractivity contribution in [3.8, 4) is 0 Å². The van der Waals surface area contributed by atoms with Gasteiger partial charge in [-0.1, -0.05) is 0 Å². The molecule has 20 heavy (non-hydrogen) atoms. The summed E-state index contributed by atoms with van der Waals surface area (Å²) < 4.78 is 26.1. The van der Waals surface area contributed by atoms with Gasteiger partial charge in [-0.2, -0.15) is 4.31 Å². The zero-order chi connectivity index (χ0) is 14.7. The second kappa shape index (κ2) is 4.27. The number of carboxylic acid groups (broad SMARTS) is 1. The van der Waals surface area contributed by atoms with Gasteiger partial charge >= 0.3 is 5.97 Å². The first kappa shape index (κ1) is 14.0. The zero-order valence-corrected chi connectivity index (χ0v) is 12.5. The Bertz CT molecular complexity index is 668. The van der Waals surface area contributed by atoms with Crippen LogP contribution in [0.2, 0.25) is 0 Å². The van der Waals surface area contributed by atoms with E-state index in [9.17, 15) is 18.3 Å². The van der Waals surface area contributed by atoms with Crippen LogP contribution in [-0.2, 0) is 10.0 Å². The summed E-state index contributed by atoms with van der Waals surface area (Å²) in [4.78, 5) is 11.4. The van der Waals surface area contributed by atoms with Crippen LogP contribution in [0.1, 0.15) is 27.4 Å². The zero-order valence-electron chi connectivity index (χ0n) is 10.9. The summed E-state index contributed by atoms with van der Waals surface area (Å²) >= 11 is 0.952. The smallest absolute Gasteiger partial charge is 0.345 e. The third-order valence-electron chi connectivity index (χ3n) is 3.94. The van der Waals surface area contributed by atoms with Crippen molar-refractivity contribution >= 4 is 27.3 Å². The van der Waals surface area contributed by atoms with E-state index in [0.717, 1.165) is 24.2 Å². The van der Waals surface area contributed by atoms with E-state index in [1.165, 1.54) is 10.4 Å². The summed E-state index contributed by atoms with van der Waals surface area (Å²) in [7, 11) is -3.70. The van der Waals surface area contributed by atoms with E-state index < -0.39 is 21.6 Å². The van der Waals surface area contributed by atoms with Crippen molar-refractivity contribution < 1.29 is 23.4 Å². The molecule has 0 atom stereocenters. The summed E-state index contributed by atoms with van der Waals surface area (Å²) in [5.41, 5.74) is -0.882. The Morgan fingerprint density at radius 3 is 2.50 bits per heavy atom. The van der Waals surface area contributed by atoms with Crippen molar-refractivity contribution in [1.29, 1.82) is 0 Å². The molecule has 0 amide bonds. The van der Waals surface area contributed by atoms with Gasteiger partial charge in [0.15, 0.2) is 0 Å². The number of hydrogen-bond donors (Lipinski definition) is 2. The Kier molecular flexibility index (Phi) is 2.99. The van der Waals surface area contributed by atoms with Gasteiger partial charge in [0, 0.05) is 18.0 Å². The predicted molar refractivity (Wildman–Crippen MR) is 72.4 cm³/mol. The molecule has 0 unspecified atom stereocenters. The molecule has 3 rings (SSSR count). The summed E-state index contributed by atoms with van der Waals surface area (Å²) in [5.74, 6) is -0.912. The van der Waals surface area contributed by atoms with Gasteiger partial charge < -0.3 is 10.2 Å². The summed E-state index contributed by atoms with van der Waals surface area (Å²) in [6.07, 6.45) is 1.90. The van der Waals surface area contributed by atoms with Crippen LogP contribution in [-0.4, -0.2) is 47.6 Å². The minimum atomic E-state index is -3.70. The number of aryl methyl sites for hydroxylation is 1. The molecule has 1 saturated heterocycles. The van der Waals surface area contributed by atoms with Crippen molar-refractivity contribution in [1.82, 2.24) is 4.31 Å². The Morgan fingerprint density at radius 1 is 1.45 bits per heavy atom. The molecule has 1 aromatic rings. The van der Waals surface area contributed by atoms with Crippen molar-refractivity contribution in [2.75, 3.05) is 13.1 Å². The van der Waals surface area contributed by atoms with Gasteiger partial charge in [-0.25, -0.2) is 13.2 Å². The van der Waals surface area contributed by atoms with Crippen LogP contribution < -0.4 is 0 Å². The molecular formula is C12H15NO5S2. The summed E-state index contributed by atoms with van der Waals surface area (Å²) in [6, 6.07) is 1.20. The number of nitrogens with zero attached hydrogens (tertiary/aromatic N) is 1. The summed E-state index contributed by atoms with van der Waals surface area (Å²) in [5, 5.41) is 19.1. The van der Waals surface area contributed by atoms with Crippen molar-refractivity contribution in [3.63, 3.8) is 0 Å². The van der Waals surface area contributed by atoms with E-state index in [0.29, 0.717) is 4.88 Å². The van der Waals surface area contributed by atoms with Crippen LogP contribution >= 0.6 is 11.3 Å². The lowest BCUT2D eigenvalue weighted by atomic mass is 9.91. The molecule has 0 spiro atoms. The number of carbonyl (C=O) groups is 1. The highest BCUT2D eigenvalue weighted by molar-refractivity contribution is 7.89. The lowest BCUT2D eigenvalue weighted by molar-refractivity contribution is -0.0764. The Balaban J connectivity index is 1.84. The fraction of sp³-hybridized carbons (Fsp3) is 0.583. The Labute approximate surface area is 120 Å².